The zero-order valence-corrected chi connectivity index (χ0v) is 6.23. The van der Waals surface area contributed by atoms with Crippen LogP contribution in [-0.2, 0) is 0 Å². The van der Waals surface area contributed by atoms with Crippen molar-refractivity contribution in [1.29, 1.82) is 0 Å². The Hall–Kier alpha value is -1.62. The summed E-state index contributed by atoms with van der Waals surface area (Å²) in [5, 5.41) is 43.5. The average Bonchev–Trinajstić information content (AvgIpc) is 2.12. The lowest BCUT2D eigenvalue weighted by atomic mass is 10.3. The molecule has 5 heteroatoms. The molecule has 68 valence electrons. The van der Waals surface area contributed by atoms with E-state index in [4.69, 9.17) is 25.5 Å². The molecule has 5 nitrogen and oxygen atoms in total. The van der Waals surface area contributed by atoms with Crippen LogP contribution in [0.25, 0.3) is 0 Å². The molecular weight excluding hydrogens is 164 g/mol. The molecule has 12 heavy (non-hydrogen) atoms. The first kappa shape index (κ1) is 10.4. The number of hydrogen-bond donors (Lipinski definition) is 5. The average molecular weight is 174 g/mol. The highest BCUT2D eigenvalue weighted by molar-refractivity contribution is 5.27. The van der Waals surface area contributed by atoms with E-state index in [0.29, 0.717) is 0 Å². The minimum absolute atomic E-state index is 0.687. The van der Waals surface area contributed by atoms with Crippen molar-refractivity contribution < 1.29 is 25.5 Å². The molecule has 5 N–H and O–H groups in total. The van der Waals surface area contributed by atoms with Crippen molar-refractivity contribution in [2.75, 3.05) is 6.61 Å². The molecule has 0 radical (unpaired) electrons. The summed E-state index contributed by atoms with van der Waals surface area (Å²) >= 11 is 0. The van der Waals surface area contributed by atoms with E-state index >= 15 is 0 Å². The fourth-order valence-electron chi connectivity index (χ4n) is 0.430. The van der Waals surface area contributed by atoms with E-state index in [2.05, 4.69) is 6.58 Å². The molecule has 0 aromatic heterocycles. The largest absolute Gasteiger partial charge is 0.506 e. The van der Waals surface area contributed by atoms with Crippen LogP contribution in [0.15, 0.2) is 35.7 Å². The second-order valence-electron chi connectivity index (χ2n) is 1.89. The summed E-state index contributed by atoms with van der Waals surface area (Å²) < 4.78 is 0. The van der Waals surface area contributed by atoms with E-state index in [1.165, 1.54) is 0 Å². The second kappa shape index (κ2) is 4.30. The molecule has 0 unspecified atom stereocenters. The van der Waals surface area contributed by atoms with Gasteiger partial charge in [-0.2, -0.15) is 0 Å². The second-order valence-corrected chi connectivity index (χ2v) is 1.89. The lowest BCUT2D eigenvalue weighted by Crippen LogP contribution is -2.00. The Kier molecular flexibility index (Phi) is 3.72. The van der Waals surface area contributed by atoms with Gasteiger partial charge in [-0.3, -0.25) is 0 Å². The van der Waals surface area contributed by atoms with Gasteiger partial charge >= 0.3 is 0 Å². The summed E-state index contributed by atoms with van der Waals surface area (Å²) in [7, 11) is 0. The van der Waals surface area contributed by atoms with E-state index in [1.807, 2.05) is 0 Å². The zero-order chi connectivity index (χ0) is 9.72. The zero-order valence-electron chi connectivity index (χ0n) is 6.23. The highest BCUT2D eigenvalue weighted by Gasteiger charge is 2.11. The van der Waals surface area contributed by atoms with Crippen LogP contribution in [0.2, 0.25) is 0 Å². The van der Waals surface area contributed by atoms with Crippen molar-refractivity contribution in [1.82, 2.24) is 0 Å². The van der Waals surface area contributed by atoms with Crippen molar-refractivity contribution in [2.45, 2.75) is 0 Å². The highest BCUT2D eigenvalue weighted by Crippen LogP contribution is 2.10. The molecule has 0 aliphatic heterocycles. The van der Waals surface area contributed by atoms with E-state index < -0.39 is 29.6 Å². The van der Waals surface area contributed by atoms with Crippen LogP contribution >= 0.6 is 0 Å². The summed E-state index contributed by atoms with van der Waals surface area (Å²) in [6.45, 7) is 2.27. The predicted octanol–water partition coefficient (Wildman–Crippen LogP) is 0.820. The SMILES string of the molecule is C=C/C(O)=C(O)\C(O)=C(\O)CO. The Bertz CT molecular complexity index is 238. The van der Waals surface area contributed by atoms with Crippen LogP contribution < -0.4 is 0 Å². The van der Waals surface area contributed by atoms with Gasteiger partial charge in [0.25, 0.3) is 0 Å². The van der Waals surface area contributed by atoms with E-state index in [9.17, 15) is 0 Å². The van der Waals surface area contributed by atoms with Gasteiger partial charge in [0.15, 0.2) is 11.5 Å². The van der Waals surface area contributed by atoms with Crippen LogP contribution in [0.4, 0.5) is 0 Å². The smallest absolute Gasteiger partial charge is 0.203 e. The van der Waals surface area contributed by atoms with Gasteiger partial charge in [0, 0.05) is 0 Å². The molecule has 0 aliphatic rings. The first-order valence-electron chi connectivity index (χ1n) is 3.01. The van der Waals surface area contributed by atoms with Crippen molar-refractivity contribution in [3.8, 4) is 0 Å². The highest BCUT2D eigenvalue weighted by atomic mass is 16.4. The number of aliphatic hydroxyl groups is 5. The summed E-state index contributed by atoms with van der Waals surface area (Å²) in [4.78, 5) is 0. The van der Waals surface area contributed by atoms with Crippen molar-refractivity contribution in [2.24, 2.45) is 0 Å². The molecule has 0 saturated heterocycles. The lowest BCUT2D eigenvalue weighted by molar-refractivity contribution is 0.213. The van der Waals surface area contributed by atoms with Gasteiger partial charge in [-0.1, -0.05) is 6.58 Å². The molecule has 0 atom stereocenters. The topological polar surface area (TPSA) is 101 Å². The molecule has 0 bridgehead atoms. The van der Waals surface area contributed by atoms with E-state index in [1.54, 1.807) is 0 Å². The minimum Gasteiger partial charge on any atom is -0.506 e. The van der Waals surface area contributed by atoms with Crippen LogP contribution in [0.1, 0.15) is 0 Å². The molecule has 0 aromatic carbocycles. The fourth-order valence-corrected chi connectivity index (χ4v) is 0.430. The maximum atomic E-state index is 8.87. The Morgan fingerprint density at radius 2 is 1.58 bits per heavy atom. The van der Waals surface area contributed by atoms with Crippen LogP contribution in [0, 0.1) is 0 Å². The van der Waals surface area contributed by atoms with Gasteiger partial charge in [0.2, 0.25) is 11.5 Å². The molecule has 0 fully saturated rings. The lowest BCUT2D eigenvalue weighted by Gasteiger charge is -2.02. The summed E-state index contributed by atoms with van der Waals surface area (Å²) in [6, 6.07) is 0. The first-order valence-corrected chi connectivity index (χ1v) is 3.01. The Morgan fingerprint density at radius 3 is 1.92 bits per heavy atom. The van der Waals surface area contributed by atoms with Gasteiger partial charge in [0.1, 0.15) is 6.61 Å². The van der Waals surface area contributed by atoms with Crippen molar-refractivity contribution >= 4 is 0 Å². The summed E-state index contributed by atoms with van der Waals surface area (Å²) in [6.07, 6.45) is 0.871. The normalized spacial score (nSPS) is 14.8. The van der Waals surface area contributed by atoms with Gasteiger partial charge in [-0.15, -0.1) is 0 Å². The maximum Gasteiger partial charge on any atom is 0.203 e. The van der Waals surface area contributed by atoms with Gasteiger partial charge in [-0.05, 0) is 6.08 Å². The monoisotopic (exact) mass is 174 g/mol. The molecule has 0 amide bonds. The number of allylic oxidation sites excluding steroid dienone is 1. The van der Waals surface area contributed by atoms with Crippen molar-refractivity contribution in [3.05, 3.63) is 35.7 Å². The van der Waals surface area contributed by atoms with Gasteiger partial charge in [0.05, 0.1) is 0 Å². The first-order chi connectivity index (χ1) is 5.54. The third-order valence-electron chi connectivity index (χ3n) is 1.08. The molecule has 0 spiro atoms. The molecular formula is C7H10O5. The Morgan fingerprint density at radius 1 is 1.08 bits per heavy atom. The predicted molar refractivity (Wildman–Crippen MR) is 41.9 cm³/mol. The molecule has 0 aromatic rings. The molecule has 0 heterocycles. The molecule has 0 aliphatic carbocycles. The third kappa shape index (κ3) is 2.21. The minimum atomic E-state index is -0.977. The van der Waals surface area contributed by atoms with Gasteiger partial charge in [-0.25, -0.2) is 0 Å². The molecule has 0 rings (SSSR count). The van der Waals surface area contributed by atoms with Crippen molar-refractivity contribution in [3.63, 3.8) is 0 Å². The Labute approximate surface area is 68.8 Å². The number of aliphatic hydroxyl groups excluding tert-OH is 5. The molecule has 0 saturated carbocycles. The number of rotatable bonds is 3. The van der Waals surface area contributed by atoms with E-state index in [0.717, 1.165) is 6.08 Å². The van der Waals surface area contributed by atoms with Crippen LogP contribution in [0.5, 0.6) is 0 Å². The van der Waals surface area contributed by atoms with Gasteiger partial charge < -0.3 is 25.5 Å². The summed E-state index contributed by atoms with van der Waals surface area (Å²) in [5.41, 5.74) is 0. The van der Waals surface area contributed by atoms with E-state index in [-0.39, 0.29) is 0 Å². The fraction of sp³-hybridized carbons (Fsp3) is 0.143. The third-order valence-corrected chi connectivity index (χ3v) is 1.08. The van der Waals surface area contributed by atoms with Crippen LogP contribution in [-0.4, -0.2) is 32.1 Å². The van der Waals surface area contributed by atoms with Crippen LogP contribution in [0.3, 0.4) is 0 Å². The quantitative estimate of drug-likeness (QED) is 0.322. The summed E-state index contributed by atoms with van der Waals surface area (Å²) in [5.74, 6) is -3.43. The maximum absolute atomic E-state index is 8.87. The Balaban J connectivity index is 4.94. The number of hydrogen-bond acceptors (Lipinski definition) is 5. The standard InChI is InChI=1S/C7H10O5/c1-2-4(9)6(11)7(12)5(10)3-8/h2,8-12H,1,3H2/b6-4-,7-5-.